The Morgan fingerprint density at radius 2 is 2.31 bits per heavy atom. The Hall–Kier alpha value is -2.17. The molecule has 0 spiro atoms. The highest BCUT2D eigenvalue weighted by Crippen LogP contribution is 2.25. The van der Waals surface area contributed by atoms with Crippen LogP contribution >= 0.6 is 0 Å². The number of aromatic amines is 1. The molecule has 1 amide bonds. The molecule has 0 bridgehead atoms. The third-order valence-electron chi connectivity index (χ3n) is 2.36. The van der Waals surface area contributed by atoms with E-state index in [0.29, 0.717) is 12.2 Å². The second-order valence-corrected chi connectivity index (χ2v) is 3.55. The third kappa shape index (κ3) is 1.93. The van der Waals surface area contributed by atoms with Crippen LogP contribution in [0.15, 0.2) is 29.6 Å². The first-order valence-corrected chi connectivity index (χ1v) is 4.88. The lowest BCUT2D eigenvalue weighted by molar-refractivity contribution is -0.119. The zero-order valence-corrected chi connectivity index (χ0v) is 8.78. The number of nitrogens with zero attached hydrogens (tertiary/aromatic N) is 1. The molecule has 0 fully saturated rings. The van der Waals surface area contributed by atoms with Gasteiger partial charge in [0.2, 0.25) is 5.91 Å². The zero-order valence-electron chi connectivity index (χ0n) is 8.78. The number of amides is 1. The van der Waals surface area contributed by atoms with E-state index in [1.165, 1.54) is 6.92 Å². The zero-order chi connectivity index (χ0) is 11.5. The first kappa shape index (κ1) is 10.4. The SMILES string of the molecule is CC(=O)NCc1ccc2c(N=O)c[nH]c2c1. The van der Waals surface area contributed by atoms with Gasteiger partial charge in [-0.05, 0) is 16.8 Å². The van der Waals surface area contributed by atoms with Gasteiger partial charge in [0, 0.05) is 30.6 Å². The Morgan fingerprint density at radius 3 is 3.00 bits per heavy atom. The molecule has 0 radical (unpaired) electrons. The van der Waals surface area contributed by atoms with Crippen LogP contribution in [0.2, 0.25) is 0 Å². The lowest BCUT2D eigenvalue weighted by Crippen LogP contribution is -2.18. The molecule has 5 nitrogen and oxygen atoms in total. The number of H-pyrrole nitrogens is 1. The van der Waals surface area contributed by atoms with Gasteiger partial charge in [-0.15, -0.1) is 4.91 Å². The van der Waals surface area contributed by atoms with Crippen LogP contribution in [-0.4, -0.2) is 10.9 Å². The number of carbonyl (C=O) groups is 1. The van der Waals surface area contributed by atoms with E-state index in [0.717, 1.165) is 16.5 Å². The van der Waals surface area contributed by atoms with Crippen molar-refractivity contribution in [2.45, 2.75) is 13.5 Å². The smallest absolute Gasteiger partial charge is 0.217 e. The van der Waals surface area contributed by atoms with Crippen LogP contribution in [-0.2, 0) is 11.3 Å². The summed E-state index contributed by atoms with van der Waals surface area (Å²) in [5.41, 5.74) is 2.22. The Kier molecular flexibility index (Phi) is 2.68. The normalized spacial score (nSPS) is 10.3. The van der Waals surface area contributed by atoms with Crippen molar-refractivity contribution in [1.29, 1.82) is 0 Å². The molecule has 16 heavy (non-hydrogen) atoms. The molecular formula is C11H11N3O2. The first-order chi connectivity index (χ1) is 7.70. The minimum Gasteiger partial charge on any atom is -0.359 e. The lowest BCUT2D eigenvalue weighted by Gasteiger charge is -2.02. The van der Waals surface area contributed by atoms with Crippen LogP contribution < -0.4 is 5.32 Å². The molecule has 0 saturated carbocycles. The topological polar surface area (TPSA) is 74.3 Å². The summed E-state index contributed by atoms with van der Waals surface area (Å²) in [5, 5.41) is 6.41. The summed E-state index contributed by atoms with van der Waals surface area (Å²) < 4.78 is 0. The number of nitroso groups, excluding NO2 is 1. The van der Waals surface area contributed by atoms with Gasteiger partial charge < -0.3 is 10.3 Å². The molecule has 1 aromatic heterocycles. The maximum absolute atomic E-state index is 10.8. The number of fused-ring (bicyclic) bond motifs is 1. The summed E-state index contributed by atoms with van der Waals surface area (Å²) >= 11 is 0. The lowest BCUT2D eigenvalue weighted by atomic mass is 10.1. The Labute approximate surface area is 91.8 Å². The molecule has 0 unspecified atom stereocenters. The van der Waals surface area contributed by atoms with Gasteiger partial charge in [-0.3, -0.25) is 4.79 Å². The minimum absolute atomic E-state index is 0.0678. The average Bonchev–Trinajstić information content (AvgIpc) is 2.68. The summed E-state index contributed by atoms with van der Waals surface area (Å²) in [7, 11) is 0. The van der Waals surface area contributed by atoms with Gasteiger partial charge in [-0.2, -0.15) is 0 Å². The van der Waals surface area contributed by atoms with Gasteiger partial charge in [0.15, 0.2) is 0 Å². The summed E-state index contributed by atoms with van der Waals surface area (Å²) in [4.78, 5) is 24.2. The van der Waals surface area contributed by atoms with Crippen molar-refractivity contribution >= 4 is 22.5 Å². The first-order valence-electron chi connectivity index (χ1n) is 4.88. The van der Waals surface area contributed by atoms with Crippen LogP contribution in [0.5, 0.6) is 0 Å². The molecule has 0 aliphatic carbocycles. The van der Waals surface area contributed by atoms with E-state index in [-0.39, 0.29) is 5.91 Å². The monoisotopic (exact) mass is 217 g/mol. The molecule has 2 rings (SSSR count). The van der Waals surface area contributed by atoms with Crippen molar-refractivity contribution in [2.24, 2.45) is 5.18 Å². The van der Waals surface area contributed by atoms with Crippen molar-refractivity contribution in [3.8, 4) is 0 Å². The number of hydrogen-bond donors (Lipinski definition) is 2. The van der Waals surface area contributed by atoms with E-state index in [1.54, 1.807) is 6.20 Å². The number of carbonyl (C=O) groups excluding carboxylic acids is 1. The molecule has 2 aromatic rings. The molecule has 5 heteroatoms. The number of benzene rings is 1. The van der Waals surface area contributed by atoms with Gasteiger partial charge in [0.25, 0.3) is 0 Å². The summed E-state index contributed by atoms with van der Waals surface area (Å²) in [5.74, 6) is -0.0678. The van der Waals surface area contributed by atoms with Crippen LogP contribution in [0.25, 0.3) is 10.9 Å². The molecule has 0 aliphatic heterocycles. The van der Waals surface area contributed by atoms with Gasteiger partial charge in [0.1, 0.15) is 5.69 Å². The second-order valence-electron chi connectivity index (χ2n) is 3.55. The van der Waals surface area contributed by atoms with E-state index in [9.17, 15) is 9.70 Å². The predicted octanol–water partition coefficient (Wildman–Crippen LogP) is 2.20. The number of aromatic nitrogens is 1. The minimum atomic E-state index is -0.0678. The molecule has 2 N–H and O–H groups in total. The Morgan fingerprint density at radius 1 is 1.50 bits per heavy atom. The van der Waals surface area contributed by atoms with Crippen LogP contribution in [0, 0.1) is 4.91 Å². The van der Waals surface area contributed by atoms with Crippen molar-refractivity contribution in [2.75, 3.05) is 0 Å². The highest BCUT2D eigenvalue weighted by molar-refractivity contribution is 5.91. The van der Waals surface area contributed by atoms with Crippen LogP contribution in [0.4, 0.5) is 5.69 Å². The third-order valence-corrected chi connectivity index (χ3v) is 2.36. The maximum atomic E-state index is 10.8. The van der Waals surface area contributed by atoms with Gasteiger partial charge in [-0.25, -0.2) is 0 Å². The number of nitrogens with one attached hydrogen (secondary N) is 2. The molecule has 0 saturated heterocycles. The van der Waals surface area contributed by atoms with E-state index >= 15 is 0 Å². The molecule has 1 aromatic carbocycles. The van der Waals surface area contributed by atoms with E-state index in [1.807, 2.05) is 18.2 Å². The average molecular weight is 217 g/mol. The molecule has 0 aliphatic rings. The van der Waals surface area contributed by atoms with E-state index < -0.39 is 0 Å². The fourth-order valence-electron chi connectivity index (χ4n) is 1.57. The fourth-order valence-corrected chi connectivity index (χ4v) is 1.57. The summed E-state index contributed by atoms with van der Waals surface area (Å²) in [6.45, 7) is 1.95. The molecular weight excluding hydrogens is 206 g/mol. The van der Waals surface area contributed by atoms with Gasteiger partial charge in [-0.1, -0.05) is 12.1 Å². The summed E-state index contributed by atoms with van der Waals surface area (Å²) in [6.07, 6.45) is 1.57. The predicted molar refractivity (Wildman–Crippen MR) is 61.3 cm³/mol. The Bertz CT molecular complexity index is 545. The fraction of sp³-hybridized carbons (Fsp3) is 0.182. The summed E-state index contributed by atoms with van der Waals surface area (Å²) in [6, 6.07) is 5.57. The van der Waals surface area contributed by atoms with Crippen molar-refractivity contribution < 1.29 is 4.79 Å². The standard InChI is InChI=1S/C11H11N3O2/c1-7(15)12-5-8-2-3-9-10(4-8)13-6-11(9)14-16/h2-4,6,13H,5H2,1H3,(H,12,15). The molecule has 82 valence electrons. The molecule has 1 heterocycles. The molecule has 0 atom stereocenters. The van der Waals surface area contributed by atoms with Crippen LogP contribution in [0.1, 0.15) is 12.5 Å². The highest BCUT2D eigenvalue weighted by atomic mass is 16.3. The van der Waals surface area contributed by atoms with Crippen molar-refractivity contribution in [1.82, 2.24) is 10.3 Å². The number of hydrogen-bond acceptors (Lipinski definition) is 3. The maximum Gasteiger partial charge on any atom is 0.217 e. The highest BCUT2D eigenvalue weighted by Gasteiger charge is 2.04. The van der Waals surface area contributed by atoms with Crippen molar-refractivity contribution in [3.63, 3.8) is 0 Å². The number of rotatable bonds is 3. The quantitative estimate of drug-likeness (QED) is 0.773. The van der Waals surface area contributed by atoms with Crippen LogP contribution in [0.3, 0.4) is 0 Å². The van der Waals surface area contributed by atoms with E-state index in [4.69, 9.17) is 0 Å². The van der Waals surface area contributed by atoms with E-state index in [2.05, 4.69) is 15.5 Å². The van der Waals surface area contributed by atoms with Crippen molar-refractivity contribution in [3.05, 3.63) is 34.9 Å². The second kappa shape index (κ2) is 4.14. The Balaban J connectivity index is 2.30. The largest absolute Gasteiger partial charge is 0.359 e. The van der Waals surface area contributed by atoms with Gasteiger partial charge in [0.05, 0.1) is 0 Å². The van der Waals surface area contributed by atoms with Gasteiger partial charge >= 0.3 is 0 Å².